The van der Waals surface area contributed by atoms with Crippen molar-refractivity contribution in [3.63, 3.8) is 0 Å². The maximum Gasteiger partial charge on any atom is 0.340 e. The number of nitrogens with two attached hydrogens (primary N) is 1. The molecule has 2 N–H and O–H groups in total. The van der Waals surface area contributed by atoms with Crippen LogP contribution in [0, 0.1) is 6.92 Å². The van der Waals surface area contributed by atoms with Crippen molar-refractivity contribution in [3.05, 3.63) is 110 Å². The third kappa shape index (κ3) is 3.28. The fraction of sp³-hybridized carbons (Fsp3) is 0.0800. The monoisotopic (exact) mass is 439 g/mol. The van der Waals surface area contributed by atoms with E-state index in [2.05, 4.69) is 4.98 Å². The summed E-state index contributed by atoms with van der Waals surface area (Å²) in [5.74, 6) is -1.55. The largest absolute Gasteiger partial charge is 0.456 e. The second kappa shape index (κ2) is 7.52. The van der Waals surface area contributed by atoms with Crippen LogP contribution in [0.5, 0.6) is 0 Å². The van der Waals surface area contributed by atoms with Crippen molar-refractivity contribution < 1.29 is 19.1 Å². The van der Waals surface area contributed by atoms with Gasteiger partial charge < -0.3 is 10.5 Å². The summed E-state index contributed by atoms with van der Waals surface area (Å²) in [4.78, 5) is 55.2. The first-order valence-corrected chi connectivity index (χ1v) is 10.1. The van der Waals surface area contributed by atoms with Crippen LogP contribution < -0.4 is 11.3 Å². The zero-order valence-electron chi connectivity index (χ0n) is 17.5. The molecule has 162 valence electrons. The Morgan fingerprint density at radius 3 is 2.45 bits per heavy atom. The smallest absolute Gasteiger partial charge is 0.340 e. The van der Waals surface area contributed by atoms with Crippen LogP contribution in [-0.4, -0.2) is 26.9 Å². The van der Waals surface area contributed by atoms with Crippen molar-refractivity contribution in [1.82, 2.24) is 9.38 Å². The Hall–Kier alpha value is -4.59. The minimum absolute atomic E-state index is 0.00871. The van der Waals surface area contributed by atoms with Crippen LogP contribution in [0.3, 0.4) is 0 Å². The highest BCUT2D eigenvalue weighted by Gasteiger charge is 2.33. The number of nitrogen functional groups attached to an aromatic ring is 1. The van der Waals surface area contributed by atoms with Crippen LogP contribution in [0.25, 0.3) is 5.65 Å². The van der Waals surface area contributed by atoms with Crippen molar-refractivity contribution in [2.75, 3.05) is 5.73 Å². The van der Waals surface area contributed by atoms with E-state index in [4.69, 9.17) is 10.5 Å². The number of ether oxygens (including phenoxy) is 1. The van der Waals surface area contributed by atoms with E-state index in [1.165, 1.54) is 22.6 Å². The summed E-state index contributed by atoms with van der Waals surface area (Å²) in [6.07, 6.45) is 1.67. The van der Waals surface area contributed by atoms with Gasteiger partial charge in [-0.2, -0.15) is 0 Å². The molecule has 4 aromatic rings. The lowest BCUT2D eigenvalue weighted by Gasteiger charge is -2.20. The average molecular weight is 439 g/mol. The topological polar surface area (TPSA) is 121 Å². The molecule has 0 radical (unpaired) electrons. The van der Waals surface area contributed by atoms with E-state index in [0.29, 0.717) is 11.2 Å². The predicted octanol–water partition coefficient (Wildman–Crippen LogP) is 2.72. The molecule has 33 heavy (non-hydrogen) atoms. The minimum Gasteiger partial charge on any atom is -0.456 e. The lowest BCUT2D eigenvalue weighted by atomic mass is 9.82. The maximum atomic E-state index is 13.0. The number of aryl methyl sites for hydroxylation is 1. The summed E-state index contributed by atoms with van der Waals surface area (Å²) in [7, 11) is 0. The second-order valence-electron chi connectivity index (χ2n) is 7.75. The molecule has 8 nitrogen and oxygen atoms in total. The van der Waals surface area contributed by atoms with E-state index in [9.17, 15) is 19.2 Å². The van der Waals surface area contributed by atoms with E-state index in [1.54, 1.807) is 36.5 Å². The van der Waals surface area contributed by atoms with Crippen LogP contribution in [-0.2, 0) is 11.3 Å². The molecule has 0 unspecified atom stereocenters. The fourth-order valence-corrected chi connectivity index (χ4v) is 3.94. The van der Waals surface area contributed by atoms with Gasteiger partial charge in [-0.15, -0.1) is 0 Å². The molecule has 1 aliphatic carbocycles. The summed E-state index contributed by atoms with van der Waals surface area (Å²) in [6.45, 7) is 1.60. The van der Waals surface area contributed by atoms with Gasteiger partial charge in [-0.1, -0.05) is 30.3 Å². The van der Waals surface area contributed by atoms with Gasteiger partial charge in [-0.05, 0) is 30.7 Å². The van der Waals surface area contributed by atoms with Crippen LogP contribution in [0.15, 0.2) is 65.6 Å². The molecule has 2 aromatic heterocycles. The van der Waals surface area contributed by atoms with Gasteiger partial charge in [0.15, 0.2) is 11.6 Å². The lowest BCUT2D eigenvalue weighted by Crippen LogP contribution is -2.24. The van der Waals surface area contributed by atoms with Gasteiger partial charge in [0, 0.05) is 29.0 Å². The number of hydrogen-bond acceptors (Lipinski definition) is 7. The molecular formula is C25H17N3O5. The summed E-state index contributed by atoms with van der Waals surface area (Å²) in [6, 6.07) is 14.0. The number of benzene rings is 2. The zero-order chi connectivity index (χ0) is 23.3. The van der Waals surface area contributed by atoms with Crippen molar-refractivity contribution in [2.45, 2.75) is 13.5 Å². The van der Waals surface area contributed by atoms with E-state index >= 15 is 0 Å². The molecule has 0 fully saturated rings. The number of hydrogen-bond donors (Lipinski definition) is 1. The number of pyridine rings is 1. The van der Waals surface area contributed by atoms with E-state index < -0.39 is 11.8 Å². The SMILES string of the molecule is Cc1ccc2nc(COC(=O)c3ccc4c(c3N)C(=O)c3ccccc3C4=O)cc(=O)n2c1. The van der Waals surface area contributed by atoms with Gasteiger partial charge in [0.25, 0.3) is 5.56 Å². The molecule has 0 bridgehead atoms. The van der Waals surface area contributed by atoms with Gasteiger partial charge in [0.2, 0.25) is 0 Å². The standard InChI is InChI=1S/C25H17N3O5/c1-13-6-9-19-27-14(10-20(29)28(19)11-13)12-33-25(32)18-8-7-17-21(22(18)26)24(31)16-5-3-2-4-15(16)23(17)30/h2-11H,12,26H2,1H3. The molecule has 8 heteroatoms. The van der Waals surface area contributed by atoms with Crippen molar-refractivity contribution >= 4 is 28.9 Å². The highest BCUT2D eigenvalue weighted by molar-refractivity contribution is 6.30. The van der Waals surface area contributed by atoms with Gasteiger partial charge in [0.05, 0.1) is 22.5 Å². The fourth-order valence-electron chi connectivity index (χ4n) is 3.94. The van der Waals surface area contributed by atoms with Gasteiger partial charge in [0.1, 0.15) is 12.3 Å². The lowest BCUT2D eigenvalue weighted by molar-refractivity contribution is 0.0468. The highest BCUT2D eigenvalue weighted by atomic mass is 16.5. The number of esters is 1. The minimum atomic E-state index is -0.791. The number of carbonyl (C=O) groups excluding carboxylic acids is 3. The first-order chi connectivity index (χ1) is 15.8. The molecule has 5 rings (SSSR count). The number of fused-ring (bicyclic) bond motifs is 3. The van der Waals surface area contributed by atoms with E-state index in [-0.39, 0.29) is 51.6 Å². The summed E-state index contributed by atoms with van der Waals surface area (Å²) in [5.41, 5.74) is 7.98. The van der Waals surface area contributed by atoms with Gasteiger partial charge in [-0.3, -0.25) is 18.8 Å². The Kier molecular flexibility index (Phi) is 4.63. The number of ketones is 2. The predicted molar refractivity (Wildman–Crippen MR) is 119 cm³/mol. The van der Waals surface area contributed by atoms with Gasteiger partial charge in [-0.25, -0.2) is 9.78 Å². The Morgan fingerprint density at radius 1 is 0.970 bits per heavy atom. The molecule has 0 amide bonds. The van der Waals surface area contributed by atoms with Crippen molar-refractivity contribution in [1.29, 1.82) is 0 Å². The molecule has 0 aliphatic heterocycles. The summed E-state index contributed by atoms with van der Waals surface area (Å²) in [5, 5.41) is 0. The third-order valence-corrected chi connectivity index (χ3v) is 5.57. The van der Waals surface area contributed by atoms with Crippen molar-refractivity contribution in [3.8, 4) is 0 Å². The number of anilines is 1. The van der Waals surface area contributed by atoms with Crippen molar-refractivity contribution in [2.24, 2.45) is 0 Å². The first kappa shape index (κ1) is 20.3. The molecule has 2 aromatic carbocycles. The molecular weight excluding hydrogens is 422 g/mol. The number of aromatic nitrogens is 2. The van der Waals surface area contributed by atoms with E-state index in [0.717, 1.165) is 5.56 Å². The average Bonchev–Trinajstić information content (AvgIpc) is 2.81. The van der Waals surface area contributed by atoms with Crippen LogP contribution >= 0.6 is 0 Å². The first-order valence-electron chi connectivity index (χ1n) is 10.1. The number of rotatable bonds is 3. The third-order valence-electron chi connectivity index (χ3n) is 5.57. The Balaban J connectivity index is 1.44. The molecule has 0 atom stereocenters. The van der Waals surface area contributed by atoms with Crippen LogP contribution in [0.1, 0.15) is 53.5 Å². The van der Waals surface area contributed by atoms with Crippen LogP contribution in [0.4, 0.5) is 5.69 Å². The van der Waals surface area contributed by atoms with Crippen LogP contribution in [0.2, 0.25) is 0 Å². The molecule has 0 saturated heterocycles. The summed E-state index contributed by atoms with van der Waals surface area (Å²) < 4.78 is 6.72. The number of nitrogens with zero attached hydrogens (tertiary/aromatic N) is 2. The highest BCUT2D eigenvalue weighted by Crippen LogP contribution is 2.33. The summed E-state index contributed by atoms with van der Waals surface area (Å²) >= 11 is 0. The second-order valence-corrected chi connectivity index (χ2v) is 7.75. The van der Waals surface area contributed by atoms with Gasteiger partial charge >= 0.3 is 5.97 Å². The Bertz CT molecular complexity index is 1570. The molecule has 0 saturated carbocycles. The zero-order valence-corrected chi connectivity index (χ0v) is 17.5. The normalized spacial score (nSPS) is 12.4. The molecule has 2 heterocycles. The Labute approximate surface area is 187 Å². The molecule has 0 spiro atoms. The maximum absolute atomic E-state index is 13.0. The van der Waals surface area contributed by atoms with E-state index in [1.807, 2.05) is 13.0 Å². The molecule has 1 aliphatic rings. The Morgan fingerprint density at radius 2 is 1.70 bits per heavy atom. The quantitative estimate of drug-likeness (QED) is 0.339. The number of carbonyl (C=O) groups is 3.